The fourth-order valence-corrected chi connectivity index (χ4v) is 3.15. The number of benzene rings is 1. The summed E-state index contributed by atoms with van der Waals surface area (Å²) < 4.78 is 1.12. The van der Waals surface area contributed by atoms with Gasteiger partial charge in [0.25, 0.3) is 0 Å². The second kappa shape index (κ2) is 6.10. The Hall–Kier alpha value is -1.13. The molecule has 20 heavy (non-hydrogen) atoms. The third-order valence-electron chi connectivity index (χ3n) is 3.77. The van der Waals surface area contributed by atoms with Gasteiger partial charge < -0.3 is 10.2 Å². The summed E-state index contributed by atoms with van der Waals surface area (Å²) in [6.45, 7) is 6.45. The third-order valence-corrected chi connectivity index (χ3v) is 4.26. The van der Waals surface area contributed by atoms with Crippen molar-refractivity contribution in [3.8, 4) is 0 Å². The van der Waals surface area contributed by atoms with E-state index in [9.17, 15) is 0 Å². The molecule has 0 amide bonds. The van der Waals surface area contributed by atoms with Crippen LogP contribution >= 0.6 is 15.9 Å². The zero-order valence-corrected chi connectivity index (χ0v) is 13.4. The number of hydrogen-bond donors (Lipinski definition) is 1. The average molecular weight is 334 g/mol. The summed E-state index contributed by atoms with van der Waals surface area (Å²) in [6, 6.07) is 8.66. The van der Waals surface area contributed by atoms with E-state index in [1.165, 1.54) is 16.8 Å². The lowest BCUT2D eigenvalue weighted by molar-refractivity contribution is 0.590. The zero-order valence-electron chi connectivity index (χ0n) is 11.8. The highest BCUT2D eigenvalue weighted by Crippen LogP contribution is 2.30. The predicted octanol–water partition coefficient (Wildman–Crippen LogP) is 3.36. The lowest BCUT2D eigenvalue weighted by atomic mass is 10.1. The lowest BCUT2D eigenvalue weighted by Crippen LogP contribution is -2.43. The summed E-state index contributed by atoms with van der Waals surface area (Å²) in [7, 11) is 0. The maximum Gasteiger partial charge on any atom is 0.0726 e. The molecule has 0 saturated carbocycles. The van der Waals surface area contributed by atoms with Crippen molar-refractivity contribution in [2.75, 3.05) is 31.1 Å². The van der Waals surface area contributed by atoms with Crippen LogP contribution in [0.1, 0.15) is 19.0 Å². The molecule has 1 aromatic carbocycles. The second-order valence-electron chi connectivity index (χ2n) is 5.28. The molecule has 0 spiro atoms. The molecule has 1 N–H and O–H groups in total. The lowest BCUT2D eigenvalue weighted by Gasteiger charge is -2.30. The van der Waals surface area contributed by atoms with E-state index in [1.807, 2.05) is 0 Å². The fraction of sp³-hybridized carbons (Fsp3) is 0.438. The minimum atomic E-state index is 1.05. The molecule has 0 atom stereocenters. The summed E-state index contributed by atoms with van der Waals surface area (Å²) in [5.74, 6) is 0. The maximum absolute atomic E-state index is 4.80. The van der Waals surface area contributed by atoms with Gasteiger partial charge in [0.15, 0.2) is 0 Å². The predicted molar refractivity (Wildman–Crippen MR) is 88.5 cm³/mol. The Bertz CT molecular complexity index is 606. The Kier molecular flexibility index (Phi) is 4.22. The third kappa shape index (κ3) is 2.81. The Morgan fingerprint density at radius 3 is 2.80 bits per heavy atom. The topological polar surface area (TPSA) is 28.2 Å². The Morgan fingerprint density at radius 2 is 2.05 bits per heavy atom. The number of halogens is 1. The molecule has 106 valence electrons. The molecule has 1 saturated heterocycles. The molecular weight excluding hydrogens is 314 g/mol. The number of pyridine rings is 1. The zero-order chi connectivity index (χ0) is 13.9. The van der Waals surface area contributed by atoms with Crippen molar-refractivity contribution >= 4 is 32.5 Å². The van der Waals surface area contributed by atoms with Crippen molar-refractivity contribution in [1.82, 2.24) is 10.3 Å². The van der Waals surface area contributed by atoms with Gasteiger partial charge in [-0.1, -0.05) is 29.3 Å². The molecular formula is C16H20BrN3. The molecule has 1 fully saturated rings. The van der Waals surface area contributed by atoms with Crippen molar-refractivity contribution < 1.29 is 0 Å². The van der Waals surface area contributed by atoms with Gasteiger partial charge in [0, 0.05) is 47.4 Å². The van der Waals surface area contributed by atoms with Crippen LogP contribution in [0.4, 0.5) is 5.69 Å². The summed E-state index contributed by atoms with van der Waals surface area (Å²) in [5.41, 5.74) is 3.64. The van der Waals surface area contributed by atoms with Crippen LogP contribution in [-0.4, -0.2) is 31.2 Å². The highest BCUT2D eigenvalue weighted by molar-refractivity contribution is 9.10. The van der Waals surface area contributed by atoms with E-state index in [4.69, 9.17) is 4.98 Å². The van der Waals surface area contributed by atoms with Crippen LogP contribution in [0.15, 0.2) is 28.7 Å². The first-order chi connectivity index (χ1) is 9.78. The Morgan fingerprint density at radius 1 is 1.25 bits per heavy atom. The van der Waals surface area contributed by atoms with E-state index in [0.717, 1.165) is 49.0 Å². The molecule has 2 aromatic rings. The van der Waals surface area contributed by atoms with Gasteiger partial charge in [-0.25, -0.2) is 0 Å². The number of aryl methyl sites for hydroxylation is 1. The van der Waals surface area contributed by atoms with Crippen molar-refractivity contribution in [2.45, 2.75) is 19.8 Å². The average Bonchev–Trinajstić information content (AvgIpc) is 2.48. The molecule has 2 heterocycles. The van der Waals surface area contributed by atoms with Gasteiger partial charge in [-0.05, 0) is 30.7 Å². The number of nitrogens with one attached hydrogen (secondary N) is 1. The van der Waals surface area contributed by atoms with E-state index in [1.54, 1.807) is 0 Å². The standard InChI is InChI=1S/C16H20BrN3/c1-2-3-13-11-16(20-8-6-18-7-9-20)14-10-12(17)4-5-15(14)19-13/h4-5,10-11,18H,2-3,6-9H2,1H3. The van der Waals surface area contributed by atoms with Crippen LogP contribution in [0.3, 0.4) is 0 Å². The summed E-state index contributed by atoms with van der Waals surface area (Å²) >= 11 is 3.58. The minimum absolute atomic E-state index is 1.05. The van der Waals surface area contributed by atoms with Crippen LogP contribution in [0, 0.1) is 0 Å². The largest absolute Gasteiger partial charge is 0.368 e. The highest BCUT2D eigenvalue weighted by Gasteiger charge is 2.15. The first-order valence-electron chi connectivity index (χ1n) is 7.33. The van der Waals surface area contributed by atoms with E-state index >= 15 is 0 Å². The molecule has 3 rings (SSSR count). The molecule has 0 unspecified atom stereocenters. The van der Waals surface area contributed by atoms with E-state index in [-0.39, 0.29) is 0 Å². The summed E-state index contributed by atoms with van der Waals surface area (Å²) in [4.78, 5) is 7.28. The van der Waals surface area contributed by atoms with Gasteiger partial charge in [-0.15, -0.1) is 0 Å². The molecule has 1 aromatic heterocycles. The second-order valence-corrected chi connectivity index (χ2v) is 6.20. The van der Waals surface area contributed by atoms with E-state index < -0.39 is 0 Å². The molecule has 1 aliphatic heterocycles. The number of fused-ring (bicyclic) bond motifs is 1. The van der Waals surface area contributed by atoms with Crippen molar-refractivity contribution in [3.63, 3.8) is 0 Å². The van der Waals surface area contributed by atoms with Crippen LogP contribution in [0.25, 0.3) is 10.9 Å². The van der Waals surface area contributed by atoms with Crippen molar-refractivity contribution in [1.29, 1.82) is 0 Å². The van der Waals surface area contributed by atoms with Crippen LogP contribution in [-0.2, 0) is 6.42 Å². The molecule has 3 nitrogen and oxygen atoms in total. The van der Waals surface area contributed by atoms with Gasteiger partial charge in [-0.2, -0.15) is 0 Å². The number of rotatable bonds is 3. The monoisotopic (exact) mass is 333 g/mol. The number of anilines is 1. The molecule has 0 bridgehead atoms. The SMILES string of the molecule is CCCc1cc(N2CCNCC2)c2cc(Br)ccc2n1. The Labute approximate surface area is 128 Å². The summed E-state index contributed by atoms with van der Waals surface area (Å²) in [6.07, 6.45) is 2.18. The smallest absolute Gasteiger partial charge is 0.0726 e. The first kappa shape index (κ1) is 13.8. The number of hydrogen-bond acceptors (Lipinski definition) is 3. The van der Waals surface area contributed by atoms with Crippen molar-refractivity contribution in [2.24, 2.45) is 0 Å². The maximum atomic E-state index is 4.80. The quantitative estimate of drug-likeness (QED) is 0.933. The van der Waals surface area contributed by atoms with Gasteiger partial charge in [0.1, 0.15) is 0 Å². The van der Waals surface area contributed by atoms with Gasteiger partial charge in [-0.3, -0.25) is 4.98 Å². The molecule has 0 aliphatic carbocycles. The minimum Gasteiger partial charge on any atom is -0.368 e. The van der Waals surface area contributed by atoms with E-state index in [0.29, 0.717) is 0 Å². The molecule has 1 aliphatic rings. The molecule has 4 heteroatoms. The van der Waals surface area contributed by atoms with E-state index in [2.05, 4.69) is 57.3 Å². The van der Waals surface area contributed by atoms with Crippen molar-refractivity contribution in [3.05, 3.63) is 34.4 Å². The number of piperazine rings is 1. The van der Waals surface area contributed by atoms with Crippen LogP contribution in [0.5, 0.6) is 0 Å². The number of aromatic nitrogens is 1. The van der Waals surface area contributed by atoms with Gasteiger partial charge >= 0.3 is 0 Å². The molecule has 0 radical (unpaired) electrons. The summed E-state index contributed by atoms with van der Waals surface area (Å²) in [5, 5.41) is 4.67. The normalized spacial score (nSPS) is 15.8. The fourth-order valence-electron chi connectivity index (χ4n) is 2.79. The van der Waals surface area contributed by atoms with Crippen LogP contribution in [0.2, 0.25) is 0 Å². The first-order valence-corrected chi connectivity index (χ1v) is 8.12. The number of nitrogens with zero attached hydrogens (tertiary/aromatic N) is 2. The highest BCUT2D eigenvalue weighted by atomic mass is 79.9. The van der Waals surface area contributed by atoms with Gasteiger partial charge in [0.05, 0.1) is 5.52 Å². The van der Waals surface area contributed by atoms with Gasteiger partial charge in [0.2, 0.25) is 0 Å². The van der Waals surface area contributed by atoms with Crippen LogP contribution < -0.4 is 10.2 Å². The Balaban J connectivity index is 2.12.